The minimum absolute atomic E-state index is 0.879. The third-order valence-corrected chi connectivity index (χ3v) is 4.27. The summed E-state index contributed by atoms with van der Waals surface area (Å²) in [6, 6.07) is 12.1. The van der Waals surface area contributed by atoms with Crippen molar-refractivity contribution in [3.8, 4) is 11.4 Å². The average Bonchev–Trinajstić information content (AvgIpc) is 3.06. The smallest absolute Gasteiger partial charge is 0.138 e. The molecule has 2 aromatic heterocycles. The molecule has 5 nitrogen and oxygen atoms in total. The molecule has 0 unspecified atom stereocenters. The van der Waals surface area contributed by atoms with Gasteiger partial charge < -0.3 is 15.2 Å². The molecule has 3 rings (SSSR count). The lowest BCUT2D eigenvalue weighted by atomic mass is 10.2. The number of aromatic amines is 1. The van der Waals surface area contributed by atoms with Crippen molar-refractivity contribution in [2.75, 3.05) is 31.5 Å². The van der Waals surface area contributed by atoms with E-state index < -0.39 is 0 Å². The zero-order valence-corrected chi connectivity index (χ0v) is 14.4. The molecule has 3 aromatic rings. The first-order valence-electron chi connectivity index (χ1n) is 8.67. The van der Waals surface area contributed by atoms with Crippen molar-refractivity contribution in [2.45, 2.75) is 20.3 Å². The first-order valence-corrected chi connectivity index (χ1v) is 8.67. The second-order valence-electron chi connectivity index (χ2n) is 5.84. The van der Waals surface area contributed by atoms with Crippen LogP contribution in [0, 0.1) is 0 Å². The van der Waals surface area contributed by atoms with E-state index in [9.17, 15) is 0 Å². The largest absolute Gasteiger partial charge is 0.370 e. The van der Waals surface area contributed by atoms with Crippen LogP contribution in [-0.4, -0.2) is 46.0 Å². The Bertz CT molecular complexity index is 743. The maximum absolute atomic E-state index is 4.65. The number of benzene rings is 1. The third-order valence-electron chi connectivity index (χ3n) is 4.27. The number of hydrogen-bond acceptors (Lipinski definition) is 4. The van der Waals surface area contributed by atoms with Crippen molar-refractivity contribution in [3.05, 3.63) is 42.6 Å². The summed E-state index contributed by atoms with van der Waals surface area (Å²) in [6.07, 6.45) is 2.94. The summed E-state index contributed by atoms with van der Waals surface area (Å²) >= 11 is 0. The molecule has 2 heterocycles. The lowest BCUT2D eigenvalue weighted by Gasteiger charge is -2.17. The number of nitrogens with zero attached hydrogens (tertiary/aromatic N) is 3. The van der Waals surface area contributed by atoms with E-state index in [1.165, 1.54) is 0 Å². The van der Waals surface area contributed by atoms with Crippen molar-refractivity contribution < 1.29 is 0 Å². The molecule has 1 aromatic carbocycles. The highest BCUT2D eigenvalue weighted by Gasteiger charge is 2.06. The maximum atomic E-state index is 4.65. The molecule has 0 aliphatic rings. The van der Waals surface area contributed by atoms with Gasteiger partial charge in [-0.3, -0.25) is 0 Å². The van der Waals surface area contributed by atoms with Crippen molar-refractivity contribution in [3.63, 3.8) is 0 Å². The van der Waals surface area contributed by atoms with Crippen molar-refractivity contribution >= 4 is 16.9 Å². The first kappa shape index (κ1) is 16.5. The van der Waals surface area contributed by atoms with Gasteiger partial charge in [-0.25, -0.2) is 9.97 Å². The van der Waals surface area contributed by atoms with Crippen LogP contribution in [0.25, 0.3) is 22.4 Å². The van der Waals surface area contributed by atoms with E-state index in [-0.39, 0.29) is 0 Å². The minimum Gasteiger partial charge on any atom is -0.370 e. The molecule has 24 heavy (non-hydrogen) atoms. The molecule has 5 heteroatoms. The summed E-state index contributed by atoms with van der Waals surface area (Å²) in [5.41, 5.74) is 3.09. The quantitative estimate of drug-likeness (QED) is 0.620. The standard InChI is InChI=1S/C19H25N5/c1-3-24(4-2)13-7-11-20-18-14-15(10-12-21-18)19-22-16-8-5-6-9-17(16)23-19/h5-6,8-10,12,14H,3-4,7,11,13H2,1-2H3,(H,20,21)(H,22,23). The van der Waals surface area contributed by atoms with Gasteiger partial charge in [0.15, 0.2) is 0 Å². The maximum Gasteiger partial charge on any atom is 0.138 e. The van der Waals surface area contributed by atoms with Crippen LogP contribution in [0.3, 0.4) is 0 Å². The number of aromatic nitrogens is 3. The lowest BCUT2D eigenvalue weighted by Crippen LogP contribution is -2.25. The number of imidazole rings is 1. The van der Waals surface area contributed by atoms with Crippen LogP contribution in [0.1, 0.15) is 20.3 Å². The molecule has 0 aliphatic heterocycles. The molecule has 0 spiro atoms. The van der Waals surface area contributed by atoms with E-state index in [1.807, 2.05) is 36.5 Å². The molecule has 0 saturated carbocycles. The van der Waals surface area contributed by atoms with Gasteiger partial charge in [0.2, 0.25) is 0 Å². The molecular formula is C19H25N5. The zero-order valence-electron chi connectivity index (χ0n) is 14.4. The number of nitrogens with one attached hydrogen (secondary N) is 2. The highest BCUT2D eigenvalue weighted by atomic mass is 15.1. The van der Waals surface area contributed by atoms with Gasteiger partial charge in [0.05, 0.1) is 11.0 Å². The topological polar surface area (TPSA) is 56.8 Å². The average molecular weight is 323 g/mol. The third kappa shape index (κ3) is 3.92. The molecule has 0 amide bonds. The second kappa shape index (κ2) is 7.93. The first-order chi connectivity index (χ1) is 11.8. The van der Waals surface area contributed by atoms with Crippen molar-refractivity contribution in [1.29, 1.82) is 0 Å². The Morgan fingerprint density at radius 1 is 1.12 bits per heavy atom. The van der Waals surface area contributed by atoms with Gasteiger partial charge in [-0.2, -0.15) is 0 Å². The molecule has 126 valence electrons. The predicted octanol–water partition coefficient (Wildman–Crippen LogP) is 3.77. The van der Waals surface area contributed by atoms with E-state index in [0.717, 1.165) is 60.8 Å². The summed E-state index contributed by atoms with van der Waals surface area (Å²) in [7, 11) is 0. The Morgan fingerprint density at radius 2 is 1.96 bits per heavy atom. The molecule has 0 fully saturated rings. The summed E-state index contributed by atoms with van der Waals surface area (Å²) < 4.78 is 0. The minimum atomic E-state index is 0.879. The number of fused-ring (bicyclic) bond motifs is 1. The lowest BCUT2D eigenvalue weighted by molar-refractivity contribution is 0.303. The molecule has 0 saturated heterocycles. The fourth-order valence-electron chi connectivity index (χ4n) is 2.82. The van der Waals surface area contributed by atoms with Crippen molar-refractivity contribution in [2.24, 2.45) is 0 Å². The second-order valence-corrected chi connectivity index (χ2v) is 5.84. The summed E-state index contributed by atoms with van der Waals surface area (Å²) in [4.78, 5) is 14.9. The van der Waals surface area contributed by atoms with E-state index in [2.05, 4.69) is 45.1 Å². The number of hydrogen-bond donors (Lipinski definition) is 2. The zero-order chi connectivity index (χ0) is 16.8. The van der Waals surface area contributed by atoms with Crippen LogP contribution >= 0.6 is 0 Å². The summed E-state index contributed by atoms with van der Waals surface area (Å²) in [5, 5.41) is 3.41. The van der Waals surface area contributed by atoms with Crippen LogP contribution in [0.15, 0.2) is 42.6 Å². The van der Waals surface area contributed by atoms with Crippen LogP contribution in [0.5, 0.6) is 0 Å². The van der Waals surface area contributed by atoms with Gasteiger partial charge in [-0.05, 0) is 50.3 Å². The van der Waals surface area contributed by atoms with E-state index in [4.69, 9.17) is 0 Å². The van der Waals surface area contributed by atoms with Crippen LogP contribution in [0.4, 0.5) is 5.82 Å². The van der Waals surface area contributed by atoms with Crippen LogP contribution in [0.2, 0.25) is 0 Å². The van der Waals surface area contributed by atoms with Crippen LogP contribution in [-0.2, 0) is 0 Å². The van der Waals surface area contributed by atoms with Gasteiger partial charge in [0.25, 0.3) is 0 Å². The Hall–Kier alpha value is -2.40. The van der Waals surface area contributed by atoms with Crippen LogP contribution < -0.4 is 5.32 Å². The number of rotatable bonds is 8. The monoisotopic (exact) mass is 323 g/mol. The number of para-hydroxylation sites is 2. The van der Waals surface area contributed by atoms with E-state index in [1.54, 1.807) is 0 Å². The number of pyridine rings is 1. The number of H-pyrrole nitrogens is 1. The molecule has 0 radical (unpaired) electrons. The molecule has 0 bridgehead atoms. The SMILES string of the molecule is CCN(CC)CCCNc1cc(-c2nc3ccccc3[nH]2)ccn1. The van der Waals surface area contributed by atoms with Gasteiger partial charge in [0, 0.05) is 18.3 Å². The van der Waals surface area contributed by atoms with E-state index >= 15 is 0 Å². The Morgan fingerprint density at radius 3 is 2.75 bits per heavy atom. The predicted molar refractivity (Wildman–Crippen MR) is 100 cm³/mol. The summed E-state index contributed by atoms with van der Waals surface area (Å²) in [6.45, 7) is 8.66. The molecule has 0 atom stereocenters. The Kier molecular flexibility index (Phi) is 5.43. The summed E-state index contributed by atoms with van der Waals surface area (Å²) in [5.74, 6) is 1.78. The molecular weight excluding hydrogens is 298 g/mol. The van der Waals surface area contributed by atoms with Crippen molar-refractivity contribution in [1.82, 2.24) is 19.9 Å². The van der Waals surface area contributed by atoms with Gasteiger partial charge in [-0.15, -0.1) is 0 Å². The van der Waals surface area contributed by atoms with Gasteiger partial charge >= 0.3 is 0 Å². The Labute approximate surface area is 143 Å². The fourth-order valence-corrected chi connectivity index (χ4v) is 2.82. The van der Waals surface area contributed by atoms with E-state index in [0.29, 0.717) is 0 Å². The highest BCUT2D eigenvalue weighted by molar-refractivity contribution is 5.79. The molecule has 0 aliphatic carbocycles. The Balaban J connectivity index is 1.63. The van der Waals surface area contributed by atoms with Gasteiger partial charge in [-0.1, -0.05) is 26.0 Å². The van der Waals surface area contributed by atoms with Gasteiger partial charge in [0.1, 0.15) is 11.6 Å². The number of anilines is 1. The fraction of sp³-hybridized carbons (Fsp3) is 0.368. The normalized spacial score (nSPS) is 11.3. The highest BCUT2D eigenvalue weighted by Crippen LogP contribution is 2.21. The molecule has 2 N–H and O–H groups in total.